The van der Waals surface area contributed by atoms with Crippen molar-refractivity contribution in [2.45, 2.75) is 39.1 Å². The number of aromatic nitrogens is 1. The van der Waals surface area contributed by atoms with Crippen LogP contribution >= 0.6 is 0 Å². The molecule has 20 heavy (non-hydrogen) atoms. The van der Waals surface area contributed by atoms with Crippen LogP contribution < -0.4 is 0 Å². The lowest BCUT2D eigenvalue weighted by atomic mass is 10.2. The van der Waals surface area contributed by atoms with Crippen LogP contribution in [0.2, 0.25) is 0 Å². The first-order chi connectivity index (χ1) is 9.47. The number of nitrogens with zero attached hydrogens (tertiary/aromatic N) is 3. The van der Waals surface area contributed by atoms with Crippen LogP contribution in [-0.4, -0.2) is 59.7 Å². The summed E-state index contributed by atoms with van der Waals surface area (Å²) in [4.78, 5) is 15.6. The monoisotopic (exact) mass is 279 g/mol. The number of carbonyl (C=O) groups is 1. The standard InChI is InChI=1S/C15H25N3O2/c1-12(2)18-8-13-6-5-7-17(13)9-14(10-18)20-11-15(19)16(3)4/h5-7,12,14H,8-11H2,1-4H3. The highest BCUT2D eigenvalue weighted by molar-refractivity contribution is 5.76. The predicted octanol–water partition coefficient (Wildman–Crippen LogP) is 1.19. The van der Waals surface area contributed by atoms with Gasteiger partial charge in [0.15, 0.2) is 0 Å². The summed E-state index contributed by atoms with van der Waals surface area (Å²) in [5.74, 6) is 0.0121. The van der Waals surface area contributed by atoms with Crippen molar-refractivity contribution < 1.29 is 9.53 Å². The van der Waals surface area contributed by atoms with Crippen molar-refractivity contribution >= 4 is 5.91 Å². The third-order valence-corrected chi connectivity index (χ3v) is 3.80. The van der Waals surface area contributed by atoms with Gasteiger partial charge >= 0.3 is 0 Å². The molecule has 1 aromatic rings. The number of hydrogen-bond donors (Lipinski definition) is 0. The first kappa shape index (κ1) is 15.1. The van der Waals surface area contributed by atoms with E-state index in [1.54, 1.807) is 19.0 Å². The zero-order valence-corrected chi connectivity index (χ0v) is 12.9. The van der Waals surface area contributed by atoms with Crippen LogP contribution in [-0.2, 0) is 22.6 Å². The second-order valence-electron chi connectivity index (χ2n) is 5.90. The zero-order chi connectivity index (χ0) is 14.7. The Bertz CT molecular complexity index is 454. The van der Waals surface area contributed by atoms with E-state index >= 15 is 0 Å². The number of fused-ring (bicyclic) bond motifs is 1. The van der Waals surface area contributed by atoms with Gasteiger partial charge in [-0.2, -0.15) is 0 Å². The van der Waals surface area contributed by atoms with E-state index < -0.39 is 0 Å². The van der Waals surface area contributed by atoms with Crippen LogP contribution in [0.1, 0.15) is 19.5 Å². The first-order valence-electron chi connectivity index (χ1n) is 7.17. The average Bonchev–Trinajstić information content (AvgIpc) is 2.73. The normalized spacial score (nSPS) is 19.8. The SMILES string of the molecule is CC(C)N1Cc2cccn2CC(OCC(=O)N(C)C)C1. The molecule has 2 heterocycles. The van der Waals surface area contributed by atoms with Crippen LogP contribution in [0.25, 0.3) is 0 Å². The van der Waals surface area contributed by atoms with Crippen molar-refractivity contribution in [1.29, 1.82) is 0 Å². The van der Waals surface area contributed by atoms with Gasteiger partial charge < -0.3 is 14.2 Å². The molecule has 112 valence electrons. The molecule has 1 amide bonds. The Hall–Kier alpha value is -1.33. The van der Waals surface area contributed by atoms with Gasteiger partial charge in [-0.1, -0.05) is 0 Å². The predicted molar refractivity (Wildman–Crippen MR) is 78.4 cm³/mol. The summed E-state index contributed by atoms with van der Waals surface area (Å²) in [5.41, 5.74) is 1.31. The fraction of sp³-hybridized carbons (Fsp3) is 0.667. The molecule has 1 unspecified atom stereocenters. The molecule has 1 aliphatic heterocycles. The molecule has 5 heteroatoms. The Kier molecular flexibility index (Phi) is 4.83. The lowest BCUT2D eigenvalue weighted by Gasteiger charge is -2.27. The maximum absolute atomic E-state index is 11.7. The number of likely N-dealkylation sites (N-methyl/N-ethyl adjacent to an activating group) is 1. The van der Waals surface area contributed by atoms with Gasteiger partial charge in [0.25, 0.3) is 0 Å². The van der Waals surface area contributed by atoms with E-state index in [9.17, 15) is 4.79 Å². The van der Waals surface area contributed by atoms with Gasteiger partial charge in [0.1, 0.15) is 6.61 Å². The molecule has 0 saturated carbocycles. The summed E-state index contributed by atoms with van der Waals surface area (Å²) in [6.07, 6.45) is 2.14. The third-order valence-electron chi connectivity index (χ3n) is 3.80. The summed E-state index contributed by atoms with van der Waals surface area (Å²) in [6, 6.07) is 4.69. The highest BCUT2D eigenvalue weighted by atomic mass is 16.5. The van der Waals surface area contributed by atoms with E-state index in [1.165, 1.54) is 5.69 Å². The van der Waals surface area contributed by atoms with Crippen molar-refractivity contribution in [3.05, 3.63) is 24.0 Å². The van der Waals surface area contributed by atoms with Crippen molar-refractivity contribution in [3.8, 4) is 0 Å². The minimum atomic E-state index is 0.0121. The minimum Gasteiger partial charge on any atom is -0.365 e. The summed E-state index contributed by atoms with van der Waals surface area (Å²) in [7, 11) is 3.51. The van der Waals surface area contributed by atoms with Crippen LogP contribution in [0, 0.1) is 0 Å². The molecule has 0 spiro atoms. The Labute approximate surface area is 121 Å². The molecule has 1 aliphatic rings. The summed E-state index contributed by atoms with van der Waals surface area (Å²) in [5, 5.41) is 0. The van der Waals surface area contributed by atoms with Gasteiger partial charge in [-0.3, -0.25) is 9.69 Å². The molecular weight excluding hydrogens is 254 g/mol. The molecule has 5 nitrogen and oxygen atoms in total. The highest BCUT2D eigenvalue weighted by Crippen LogP contribution is 2.17. The van der Waals surface area contributed by atoms with E-state index in [0.29, 0.717) is 6.04 Å². The second kappa shape index (κ2) is 6.41. The van der Waals surface area contributed by atoms with Gasteiger partial charge in [-0.15, -0.1) is 0 Å². The topological polar surface area (TPSA) is 37.7 Å². The van der Waals surface area contributed by atoms with E-state index in [-0.39, 0.29) is 18.6 Å². The van der Waals surface area contributed by atoms with E-state index in [2.05, 4.69) is 41.6 Å². The number of rotatable bonds is 4. The summed E-state index contributed by atoms with van der Waals surface area (Å²) in [6.45, 7) is 7.15. The Morgan fingerprint density at radius 1 is 1.45 bits per heavy atom. The van der Waals surface area contributed by atoms with Crippen molar-refractivity contribution in [2.24, 2.45) is 0 Å². The number of carbonyl (C=O) groups excluding carboxylic acids is 1. The van der Waals surface area contributed by atoms with E-state index in [4.69, 9.17) is 4.74 Å². The molecule has 2 rings (SSSR count). The minimum absolute atomic E-state index is 0.0121. The molecular formula is C15H25N3O2. The number of amides is 1. The molecule has 0 aromatic carbocycles. The zero-order valence-electron chi connectivity index (χ0n) is 12.9. The number of hydrogen-bond acceptors (Lipinski definition) is 3. The fourth-order valence-corrected chi connectivity index (χ4v) is 2.40. The van der Waals surface area contributed by atoms with Gasteiger partial charge in [0.2, 0.25) is 5.91 Å². The van der Waals surface area contributed by atoms with Crippen molar-refractivity contribution in [1.82, 2.24) is 14.4 Å². The third kappa shape index (κ3) is 3.61. The smallest absolute Gasteiger partial charge is 0.248 e. The lowest BCUT2D eigenvalue weighted by molar-refractivity contribution is -0.136. The van der Waals surface area contributed by atoms with Crippen LogP contribution in [0.4, 0.5) is 0 Å². The Morgan fingerprint density at radius 2 is 2.20 bits per heavy atom. The highest BCUT2D eigenvalue weighted by Gasteiger charge is 2.24. The maximum atomic E-state index is 11.7. The first-order valence-corrected chi connectivity index (χ1v) is 7.17. The molecule has 0 fully saturated rings. The van der Waals surface area contributed by atoms with Gasteiger partial charge in [0.05, 0.1) is 6.10 Å². The average molecular weight is 279 g/mol. The summed E-state index contributed by atoms with van der Waals surface area (Å²) >= 11 is 0. The lowest BCUT2D eigenvalue weighted by Crippen LogP contribution is -2.39. The fourth-order valence-electron chi connectivity index (χ4n) is 2.40. The summed E-state index contributed by atoms with van der Waals surface area (Å²) < 4.78 is 8.07. The molecule has 0 saturated heterocycles. The second-order valence-corrected chi connectivity index (χ2v) is 5.90. The van der Waals surface area contributed by atoms with Crippen LogP contribution in [0.15, 0.2) is 18.3 Å². The van der Waals surface area contributed by atoms with E-state index in [1.807, 2.05) is 0 Å². The van der Waals surface area contributed by atoms with Crippen LogP contribution in [0.3, 0.4) is 0 Å². The Morgan fingerprint density at radius 3 is 2.85 bits per heavy atom. The van der Waals surface area contributed by atoms with Crippen molar-refractivity contribution in [3.63, 3.8) is 0 Å². The molecule has 0 radical (unpaired) electrons. The molecule has 0 bridgehead atoms. The van der Waals surface area contributed by atoms with Gasteiger partial charge in [-0.25, -0.2) is 0 Å². The van der Waals surface area contributed by atoms with Gasteiger partial charge in [0, 0.05) is 51.7 Å². The van der Waals surface area contributed by atoms with E-state index in [0.717, 1.165) is 19.6 Å². The Balaban J connectivity index is 2.03. The van der Waals surface area contributed by atoms with Crippen LogP contribution in [0.5, 0.6) is 0 Å². The molecule has 1 aromatic heterocycles. The number of ether oxygens (including phenoxy) is 1. The molecule has 1 atom stereocenters. The maximum Gasteiger partial charge on any atom is 0.248 e. The van der Waals surface area contributed by atoms with Crippen molar-refractivity contribution in [2.75, 3.05) is 27.2 Å². The van der Waals surface area contributed by atoms with Gasteiger partial charge in [-0.05, 0) is 26.0 Å². The largest absolute Gasteiger partial charge is 0.365 e. The quantitative estimate of drug-likeness (QED) is 0.831. The molecule has 0 aliphatic carbocycles. The molecule has 0 N–H and O–H groups in total.